The summed E-state index contributed by atoms with van der Waals surface area (Å²) in [6, 6.07) is 0. The van der Waals surface area contributed by atoms with Crippen LogP contribution in [0.5, 0.6) is 0 Å². The third-order valence-corrected chi connectivity index (χ3v) is 3.46. The van der Waals surface area contributed by atoms with Gasteiger partial charge in [0, 0.05) is 5.54 Å². The molecule has 1 nitrogen and oxygen atoms in total. The van der Waals surface area contributed by atoms with Crippen molar-refractivity contribution in [1.29, 1.82) is 0 Å². The van der Waals surface area contributed by atoms with Gasteiger partial charge in [0.15, 0.2) is 0 Å². The number of hydrogen-bond donors (Lipinski definition) is 1. The molecule has 0 heterocycles. The van der Waals surface area contributed by atoms with Crippen molar-refractivity contribution in [2.75, 3.05) is 6.54 Å². The Balaban J connectivity index is 1.92. The molecular weight excluding hydrogens is 170 g/mol. The Morgan fingerprint density at radius 1 is 1.07 bits per heavy atom. The molecule has 0 aromatic rings. The number of unbranched alkanes of at least 4 members (excludes halogenated alkanes) is 4. The first kappa shape index (κ1) is 12.0. The average molecular weight is 197 g/mol. The van der Waals surface area contributed by atoms with Crippen LogP contribution in [0.3, 0.4) is 0 Å². The molecule has 1 fully saturated rings. The van der Waals surface area contributed by atoms with Crippen LogP contribution >= 0.6 is 0 Å². The van der Waals surface area contributed by atoms with Crippen LogP contribution in [0, 0.1) is 5.92 Å². The highest BCUT2D eigenvalue weighted by atomic mass is 15.0. The van der Waals surface area contributed by atoms with Crippen molar-refractivity contribution in [3.8, 4) is 0 Å². The predicted octanol–water partition coefficient (Wildman–Crippen LogP) is 3.74. The van der Waals surface area contributed by atoms with E-state index in [0.717, 1.165) is 5.92 Å². The summed E-state index contributed by atoms with van der Waals surface area (Å²) in [6.07, 6.45) is 9.82. The van der Waals surface area contributed by atoms with E-state index in [1.165, 1.54) is 51.5 Å². The maximum atomic E-state index is 3.70. The summed E-state index contributed by atoms with van der Waals surface area (Å²) in [5.74, 6) is 0.957. The highest BCUT2D eigenvalue weighted by Crippen LogP contribution is 2.39. The molecule has 0 saturated heterocycles. The fourth-order valence-electron chi connectivity index (χ4n) is 2.09. The molecule has 1 N–H and O–H groups in total. The van der Waals surface area contributed by atoms with Gasteiger partial charge < -0.3 is 5.32 Å². The van der Waals surface area contributed by atoms with Crippen molar-refractivity contribution in [1.82, 2.24) is 5.32 Å². The van der Waals surface area contributed by atoms with Crippen LogP contribution in [0.25, 0.3) is 0 Å². The third kappa shape index (κ3) is 4.45. The molecule has 0 amide bonds. The van der Waals surface area contributed by atoms with Gasteiger partial charge in [-0.05, 0) is 45.6 Å². The van der Waals surface area contributed by atoms with Gasteiger partial charge in [0.1, 0.15) is 0 Å². The normalized spacial score (nSPS) is 17.4. The molecule has 0 unspecified atom stereocenters. The smallest absolute Gasteiger partial charge is 0.0153 e. The van der Waals surface area contributed by atoms with E-state index < -0.39 is 0 Å². The summed E-state index contributed by atoms with van der Waals surface area (Å²) < 4.78 is 0. The molecule has 0 radical (unpaired) electrons. The quantitative estimate of drug-likeness (QED) is 0.585. The average Bonchev–Trinajstić information content (AvgIpc) is 2.94. The van der Waals surface area contributed by atoms with Crippen LogP contribution in [0.4, 0.5) is 0 Å². The molecule has 84 valence electrons. The van der Waals surface area contributed by atoms with Crippen molar-refractivity contribution >= 4 is 0 Å². The lowest BCUT2D eigenvalue weighted by Crippen LogP contribution is -2.41. The number of hydrogen-bond acceptors (Lipinski definition) is 1. The molecule has 1 saturated carbocycles. The maximum absolute atomic E-state index is 3.70. The van der Waals surface area contributed by atoms with Gasteiger partial charge in [-0.1, -0.05) is 32.6 Å². The highest BCUT2D eigenvalue weighted by molar-refractivity contribution is 4.94. The molecular formula is C13H27N. The van der Waals surface area contributed by atoms with Crippen molar-refractivity contribution in [2.45, 2.75) is 71.3 Å². The second kappa shape index (κ2) is 5.75. The summed E-state index contributed by atoms with van der Waals surface area (Å²) >= 11 is 0. The van der Waals surface area contributed by atoms with E-state index in [2.05, 4.69) is 26.1 Å². The molecule has 1 rings (SSSR count). The van der Waals surface area contributed by atoms with Crippen LogP contribution in [0.1, 0.15) is 65.7 Å². The standard InChI is InChI=1S/C13H27N/c1-4-5-6-7-8-11-14-13(2,3)12-9-10-12/h12,14H,4-11H2,1-3H3. The van der Waals surface area contributed by atoms with Crippen molar-refractivity contribution < 1.29 is 0 Å². The van der Waals surface area contributed by atoms with Crippen molar-refractivity contribution in [3.05, 3.63) is 0 Å². The van der Waals surface area contributed by atoms with Crippen LogP contribution in [-0.4, -0.2) is 12.1 Å². The van der Waals surface area contributed by atoms with E-state index in [1.54, 1.807) is 0 Å². The predicted molar refractivity (Wildman–Crippen MR) is 63.6 cm³/mol. The van der Waals surface area contributed by atoms with Crippen molar-refractivity contribution in [2.24, 2.45) is 5.92 Å². The van der Waals surface area contributed by atoms with Gasteiger partial charge in [0.25, 0.3) is 0 Å². The minimum atomic E-state index is 0.407. The Labute approximate surface area is 89.7 Å². The Bertz CT molecular complexity index is 147. The lowest BCUT2D eigenvalue weighted by Gasteiger charge is -2.26. The second-order valence-electron chi connectivity index (χ2n) is 5.34. The molecule has 1 aliphatic rings. The fourth-order valence-corrected chi connectivity index (χ4v) is 2.09. The first-order valence-electron chi connectivity index (χ1n) is 6.42. The largest absolute Gasteiger partial charge is 0.312 e. The van der Waals surface area contributed by atoms with Gasteiger partial charge in [-0.25, -0.2) is 0 Å². The zero-order chi connectivity index (χ0) is 10.4. The van der Waals surface area contributed by atoms with Gasteiger partial charge in [0.05, 0.1) is 0 Å². The van der Waals surface area contributed by atoms with E-state index in [9.17, 15) is 0 Å². The zero-order valence-corrected chi connectivity index (χ0v) is 10.2. The summed E-state index contributed by atoms with van der Waals surface area (Å²) in [6.45, 7) is 8.20. The number of nitrogens with one attached hydrogen (secondary N) is 1. The summed E-state index contributed by atoms with van der Waals surface area (Å²) in [5.41, 5.74) is 0.407. The van der Waals surface area contributed by atoms with E-state index in [4.69, 9.17) is 0 Å². The SMILES string of the molecule is CCCCCCCNC(C)(C)C1CC1. The lowest BCUT2D eigenvalue weighted by molar-refractivity contribution is 0.337. The van der Waals surface area contributed by atoms with E-state index in [1.807, 2.05) is 0 Å². The van der Waals surface area contributed by atoms with Gasteiger partial charge in [-0.15, -0.1) is 0 Å². The third-order valence-electron chi connectivity index (χ3n) is 3.46. The van der Waals surface area contributed by atoms with Gasteiger partial charge in [0.2, 0.25) is 0 Å². The number of rotatable bonds is 8. The van der Waals surface area contributed by atoms with Crippen LogP contribution in [0.15, 0.2) is 0 Å². The Hall–Kier alpha value is -0.0400. The molecule has 1 aliphatic carbocycles. The zero-order valence-electron chi connectivity index (χ0n) is 10.2. The molecule has 0 aromatic carbocycles. The van der Waals surface area contributed by atoms with Crippen molar-refractivity contribution in [3.63, 3.8) is 0 Å². The first-order chi connectivity index (χ1) is 6.67. The van der Waals surface area contributed by atoms with Gasteiger partial charge >= 0.3 is 0 Å². The molecule has 0 spiro atoms. The Kier molecular flexibility index (Phi) is 4.94. The molecule has 0 aliphatic heterocycles. The second-order valence-corrected chi connectivity index (χ2v) is 5.34. The minimum absolute atomic E-state index is 0.407. The summed E-state index contributed by atoms with van der Waals surface area (Å²) in [5, 5.41) is 3.70. The minimum Gasteiger partial charge on any atom is -0.312 e. The Morgan fingerprint density at radius 2 is 1.71 bits per heavy atom. The molecule has 1 heteroatoms. The summed E-state index contributed by atoms with van der Waals surface area (Å²) in [4.78, 5) is 0. The van der Waals surface area contributed by atoms with Gasteiger partial charge in [-0.2, -0.15) is 0 Å². The monoisotopic (exact) mass is 197 g/mol. The molecule has 14 heavy (non-hydrogen) atoms. The van der Waals surface area contributed by atoms with Crippen LogP contribution in [0.2, 0.25) is 0 Å². The molecule has 0 bridgehead atoms. The maximum Gasteiger partial charge on any atom is 0.0153 e. The topological polar surface area (TPSA) is 12.0 Å². The van der Waals surface area contributed by atoms with E-state index in [0.29, 0.717) is 5.54 Å². The fraction of sp³-hybridized carbons (Fsp3) is 1.00. The molecule has 0 aromatic heterocycles. The van der Waals surface area contributed by atoms with E-state index in [-0.39, 0.29) is 0 Å². The van der Waals surface area contributed by atoms with Gasteiger partial charge in [-0.3, -0.25) is 0 Å². The molecule has 0 atom stereocenters. The summed E-state index contributed by atoms with van der Waals surface area (Å²) in [7, 11) is 0. The lowest BCUT2D eigenvalue weighted by atomic mass is 9.98. The first-order valence-corrected chi connectivity index (χ1v) is 6.42. The van der Waals surface area contributed by atoms with Crippen LogP contribution < -0.4 is 5.32 Å². The highest BCUT2D eigenvalue weighted by Gasteiger charge is 2.36. The van der Waals surface area contributed by atoms with Crippen LogP contribution in [-0.2, 0) is 0 Å². The Morgan fingerprint density at radius 3 is 2.29 bits per heavy atom. The van der Waals surface area contributed by atoms with E-state index >= 15 is 0 Å².